The van der Waals surface area contributed by atoms with E-state index in [1.165, 1.54) is 11.8 Å². The molecule has 0 atom stereocenters. The standard InChI is InChI=1S/C14H15ClN2OS2/c1-17(7-10-4-5-19-8-10)14(18)9-20-13-3-2-11(15)6-12(13)16/h2-6,8H,7,9,16H2,1H3. The number of hydrogen-bond acceptors (Lipinski definition) is 4. The van der Waals surface area contributed by atoms with Gasteiger partial charge in [0.1, 0.15) is 0 Å². The number of halogens is 1. The summed E-state index contributed by atoms with van der Waals surface area (Å²) in [7, 11) is 1.81. The summed E-state index contributed by atoms with van der Waals surface area (Å²) >= 11 is 8.91. The molecule has 0 fully saturated rings. The zero-order valence-electron chi connectivity index (χ0n) is 11.0. The lowest BCUT2D eigenvalue weighted by atomic mass is 10.3. The number of benzene rings is 1. The van der Waals surface area contributed by atoms with Crippen LogP contribution in [0.5, 0.6) is 0 Å². The highest BCUT2D eigenvalue weighted by molar-refractivity contribution is 8.00. The number of carbonyl (C=O) groups is 1. The van der Waals surface area contributed by atoms with Crippen molar-refractivity contribution in [1.82, 2.24) is 4.90 Å². The molecule has 0 unspecified atom stereocenters. The van der Waals surface area contributed by atoms with Crippen LogP contribution in [-0.4, -0.2) is 23.6 Å². The first-order valence-electron chi connectivity index (χ1n) is 5.99. The van der Waals surface area contributed by atoms with Crippen LogP contribution in [-0.2, 0) is 11.3 Å². The highest BCUT2D eigenvalue weighted by Crippen LogP contribution is 2.27. The number of nitrogen functional groups attached to an aromatic ring is 1. The van der Waals surface area contributed by atoms with E-state index in [0.717, 1.165) is 10.5 Å². The summed E-state index contributed by atoms with van der Waals surface area (Å²) in [6.45, 7) is 0.638. The van der Waals surface area contributed by atoms with E-state index >= 15 is 0 Å². The Morgan fingerprint density at radius 1 is 1.45 bits per heavy atom. The number of carbonyl (C=O) groups excluding carboxylic acids is 1. The Balaban J connectivity index is 1.88. The van der Waals surface area contributed by atoms with Crippen molar-refractivity contribution in [3.05, 3.63) is 45.6 Å². The molecule has 20 heavy (non-hydrogen) atoms. The van der Waals surface area contributed by atoms with Crippen LogP contribution in [0.1, 0.15) is 5.56 Å². The lowest BCUT2D eigenvalue weighted by Gasteiger charge is -2.16. The van der Waals surface area contributed by atoms with E-state index < -0.39 is 0 Å². The maximum absolute atomic E-state index is 12.1. The molecule has 0 bridgehead atoms. The summed E-state index contributed by atoms with van der Waals surface area (Å²) < 4.78 is 0. The van der Waals surface area contributed by atoms with Gasteiger partial charge in [0.15, 0.2) is 0 Å². The Bertz CT molecular complexity index is 587. The lowest BCUT2D eigenvalue weighted by Crippen LogP contribution is -2.27. The second-order valence-electron chi connectivity index (χ2n) is 4.35. The molecule has 0 aliphatic heterocycles. The largest absolute Gasteiger partial charge is 0.398 e. The molecule has 3 nitrogen and oxygen atoms in total. The number of nitrogens with two attached hydrogens (primary N) is 1. The molecule has 2 aromatic rings. The number of anilines is 1. The minimum Gasteiger partial charge on any atom is -0.398 e. The SMILES string of the molecule is CN(Cc1ccsc1)C(=O)CSc1ccc(Cl)cc1N. The fraction of sp³-hybridized carbons (Fsp3) is 0.214. The third-order valence-corrected chi connectivity index (χ3v) is 4.79. The van der Waals surface area contributed by atoms with E-state index in [0.29, 0.717) is 23.0 Å². The Morgan fingerprint density at radius 3 is 2.90 bits per heavy atom. The Kier molecular flexibility index (Phi) is 5.34. The average molecular weight is 327 g/mol. The molecule has 1 aromatic heterocycles. The van der Waals surface area contributed by atoms with Crippen LogP contribution >= 0.6 is 34.7 Å². The van der Waals surface area contributed by atoms with Gasteiger partial charge in [-0.15, -0.1) is 11.8 Å². The number of thioether (sulfide) groups is 1. The van der Waals surface area contributed by atoms with Crippen molar-refractivity contribution in [3.63, 3.8) is 0 Å². The van der Waals surface area contributed by atoms with Crippen molar-refractivity contribution >= 4 is 46.3 Å². The summed E-state index contributed by atoms with van der Waals surface area (Å²) in [5.41, 5.74) is 7.63. The van der Waals surface area contributed by atoms with Crippen molar-refractivity contribution in [3.8, 4) is 0 Å². The van der Waals surface area contributed by atoms with Gasteiger partial charge in [0.2, 0.25) is 5.91 Å². The van der Waals surface area contributed by atoms with Crippen LogP contribution in [0.2, 0.25) is 5.02 Å². The fourth-order valence-corrected chi connectivity index (χ4v) is 3.37. The summed E-state index contributed by atoms with van der Waals surface area (Å²) in [6, 6.07) is 7.34. The van der Waals surface area contributed by atoms with Gasteiger partial charge in [0, 0.05) is 29.2 Å². The smallest absolute Gasteiger partial charge is 0.232 e. The van der Waals surface area contributed by atoms with Crippen molar-refractivity contribution in [2.24, 2.45) is 0 Å². The quantitative estimate of drug-likeness (QED) is 0.672. The number of rotatable bonds is 5. The minimum absolute atomic E-state index is 0.0792. The van der Waals surface area contributed by atoms with Crippen LogP contribution in [0, 0.1) is 0 Å². The van der Waals surface area contributed by atoms with Gasteiger partial charge < -0.3 is 10.6 Å². The molecule has 6 heteroatoms. The molecule has 0 radical (unpaired) electrons. The maximum atomic E-state index is 12.1. The second-order valence-corrected chi connectivity index (χ2v) is 6.59. The van der Waals surface area contributed by atoms with Gasteiger partial charge in [-0.05, 0) is 40.6 Å². The summed E-state index contributed by atoms with van der Waals surface area (Å²) in [6.07, 6.45) is 0. The third-order valence-electron chi connectivity index (χ3n) is 2.75. The molecule has 0 aliphatic carbocycles. The molecule has 0 aliphatic rings. The highest BCUT2D eigenvalue weighted by Gasteiger charge is 2.11. The molecule has 2 N–H and O–H groups in total. The van der Waals surface area contributed by atoms with Crippen LogP contribution < -0.4 is 5.73 Å². The Hall–Kier alpha value is -1.17. The summed E-state index contributed by atoms with van der Waals surface area (Å²) in [5.74, 6) is 0.447. The maximum Gasteiger partial charge on any atom is 0.232 e. The molecular formula is C14H15ClN2OS2. The van der Waals surface area contributed by atoms with Gasteiger partial charge in [-0.1, -0.05) is 11.6 Å². The lowest BCUT2D eigenvalue weighted by molar-refractivity contribution is -0.127. The molecular weight excluding hydrogens is 312 g/mol. The van der Waals surface area contributed by atoms with Gasteiger partial charge in [0.25, 0.3) is 0 Å². The average Bonchev–Trinajstić information content (AvgIpc) is 2.90. The first-order chi connectivity index (χ1) is 9.56. The van der Waals surface area contributed by atoms with Crippen molar-refractivity contribution in [2.75, 3.05) is 18.5 Å². The minimum atomic E-state index is 0.0792. The van der Waals surface area contributed by atoms with E-state index in [1.54, 1.807) is 28.4 Å². The molecule has 1 heterocycles. The predicted molar refractivity (Wildman–Crippen MR) is 87.4 cm³/mol. The van der Waals surface area contributed by atoms with E-state index in [1.807, 2.05) is 29.9 Å². The number of nitrogens with zero attached hydrogens (tertiary/aromatic N) is 1. The molecule has 1 aromatic carbocycles. The molecule has 0 saturated heterocycles. The molecule has 2 rings (SSSR count). The first kappa shape index (κ1) is 15.2. The number of thiophene rings is 1. The second kappa shape index (κ2) is 7.02. The zero-order chi connectivity index (χ0) is 14.5. The summed E-state index contributed by atoms with van der Waals surface area (Å²) in [5, 5.41) is 4.66. The molecule has 1 amide bonds. The van der Waals surface area contributed by atoms with Gasteiger partial charge >= 0.3 is 0 Å². The van der Waals surface area contributed by atoms with Gasteiger partial charge in [-0.25, -0.2) is 0 Å². The van der Waals surface area contributed by atoms with Crippen LogP contribution in [0.3, 0.4) is 0 Å². The predicted octanol–water partition coefficient (Wildman–Crippen LogP) is 3.73. The van der Waals surface area contributed by atoms with E-state index in [4.69, 9.17) is 17.3 Å². The fourth-order valence-electron chi connectivity index (χ4n) is 1.65. The molecule has 0 saturated carbocycles. The zero-order valence-corrected chi connectivity index (χ0v) is 13.4. The van der Waals surface area contributed by atoms with Gasteiger partial charge in [-0.3, -0.25) is 4.79 Å². The molecule has 0 spiro atoms. The molecule has 106 valence electrons. The van der Waals surface area contributed by atoms with Crippen molar-refractivity contribution in [2.45, 2.75) is 11.4 Å². The Labute approximate surface area is 131 Å². The van der Waals surface area contributed by atoms with Crippen LogP contribution in [0.25, 0.3) is 0 Å². The van der Waals surface area contributed by atoms with E-state index in [9.17, 15) is 4.79 Å². The summed E-state index contributed by atoms with van der Waals surface area (Å²) in [4.78, 5) is 14.7. The first-order valence-corrected chi connectivity index (χ1v) is 8.30. The third kappa shape index (κ3) is 4.16. The van der Waals surface area contributed by atoms with Gasteiger partial charge in [-0.2, -0.15) is 11.3 Å². The van der Waals surface area contributed by atoms with E-state index in [2.05, 4.69) is 0 Å². The van der Waals surface area contributed by atoms with E-state index in [-0.39, 0.29) is 5.91 Å². The van der Waals surface area contributed by atoms with Crippen LogP contribution in [0.4, 0.5) is 5.69 Å². The van der Waals surface area contributed by atoms with Gasteiger partial charge in [0.05, 0.1) is 5.75 Å². The van der Waals surface area contributed by atoms with Crippen molar-refractivity contribution < 1.29 is 4.79 Å². The Morgan fingerprint density at radius 2 is 2.25 bits per heavy atom. The monoisotopic (exact) mass is 326 g/mol. The number of amides is 1. The normalized spacial score (nSPS) is 10.5. The highest BCUT2D eigenvalue weighted by atomic mass is 35.5. The van der Waals surface area contributed by atoms with Crippen molar-refractivity contribution in [1.29, 1.82) is 0 Å². The number of hydrogen-bond donors (Lipinski definition) is 1. The topological polar surface area (TPSA) is 46.3 Å². The van der Waals surface area contributed by atoms with Crippen LogP contribution in [0.15, 0.2) is 39.9 Å².